The molecule has 1 heterocycles. The van der Waals surface area contributed by atoms with Crippen molar-refractivity contribution in [3.63, 3.8) is 0 Å². The van der Waals surface area contributed by atoms with Gasteiger partial charge in [0.25, 0.3) is 0 Å². The molecule has 0 radical (unpaired) electrons. The van der Waals surface area contributed by atoms with Crippen LogP contribution in [0.15, 0.2) is 48.5 Å². The Hall–Kier alpha value is -1.84. The van der Waals surface area contributed by atoms with Crippen LogP contribution in [0.25, 0.3) is 5.32 Å². The maximum atomic E-state index is 11.6. The van der Waals surface area contributed by atoms with E-state index in [0.717, 1.165) is 22.9 Å². The molecule has 1 unspecified atom stereocenters. The molecule has 0 aliphatic carbocycles. The van der Waals surface area contributed by atoms with E-state index in [0.29, 0.717) is 24.3 Å². The quantitative estimate of drug-likeness (QED) is 0.502. The predicted octanol–water partition coefficient (Wildman–Crippen LogP) is 0.204. The van der Waals surface area contributed by atoms with E-state index in [1.165, 1.54) is 7.11 Å². The van der Waals surface area contributed by atoms with Gasteiger partial charge < -0.3 is 30.1 Å². The van der Waals surface area contributed by atoms with Gasteiger partial charge in [0.15, 0.2) is 0 Å². The molecule has 2 atom stereocenters. The Labute approximate surface area is 195 Å². The summed E-state index contributed by atoms with van der Waals surface area (Å²) in [6.45, 7) is 0. The molecule has 7 nitrogen and oxygen atoms in total. The van der Waals surface area contributed by atoms with Gasteiger partial charge in [-0.3, -0.25) is 4.79 Å². The molecule has 3 rings (SSSR count). The minimum atomic E-state index is -0.697. The van der Waals surface area contributed by atoms with Gasteiger partial charge in [-0.2, -0.15) is 0 Å². The normalized spacial score (nSPS) is 16.6. The average molecular weight is 422 g/mol. The number of carbonyl (C=O) groups excluding carboxylic acids is 3. The number of hydrogen-bond acceptors (Lipinski definition) is 7. The number of imide groups is 1. The SMILES string of the molecule is COC(=O)[C@@H](N)Cc1ccc(Oc2ccc(CC3SC(=O)[N-]C3=O)cc2)cc1.[Na+]. The molecule has 9 heteroatoms. The van der Waals surface area contributed by atoms with Crippen molar-refractivity contribution in [1.82, 2.24) is 0 Å². The van der Waals surface area contributed by atoms with Gasteiger partial charge in [0.05, 0.1) is 18.3 Å². The Morgan fingerprint density at radius 3 is 2.10 bits per heavy atom. The summed E-state index contributed by atoms with van der Waals surface area (Å²) in [6.07, 6.45) is 0.836. The topological polar surface area (TPSA) is 110 Å². The zero-order chi connectivity index (χ0) is 20.1. The summed E-state index contributed by atoms with van der Waals surface area (Å²) in [5.74, 6) is 0.474. The van der Waals surface area contributed by atoms with Crippen LogP contribution >= 0.6 is 11.8 Å². The van der Waals surface area contributed by atoms with Gasteiger partial charge in [0, 0.05) is 0 Å². The number of rotatable bonds is 7. The summed E-state index contributed by atoms with van der Waals surface area (Å²) >= 11 is 0.960. The molecule has 0 spiro atoms. The zero-order valence-electron chi connectivity index (χ0n) is 16.2. The molecule has 0 bridgehead atoms. The maximum Gasteiger partial charge on any atom is 1.00 e. The Morgan fingerprint density at radius 2 is 1.62 bits per heavy atom. The number of carbonyl (C=O) groups is 3. The van der Waals surface area contributed by atoms with Crippen LogP contribution in [0, 0.1) is 0 Å². The van der Waals surface area contributed by atoms with Crippen molar-refractivity contribution in [2.24, 2.45) is 5.73 Å². The van der Waals surface area contributed by atoms with Gasteiger partial charge in [-0.25, -0.2) is 0 Å². The molecule has 1 aliphatic rings. The number of benzene rings is 2. The second kappa shape index (κ2) is 10.8. The van der Waals surface area contributed by atoms with E-state index in [1.54, 1.807) is 24.3 Å². The summed E-state index contributed by atoms with van der Waals surface area (Å²) in [5, 5.41) is 2.54. The van der Waals surface area contributed by atoms with Crippen LogP contribution in [0.1, 0.15) is 11.1 Å². The monoisotopic (exact) mass is 422 g/mol. The molecule has 1 fully saturated rings. The van der Waals surface area contributed by atoms with Crippen LogP contribution in [-0.2, 0) is 27.2 Å². The maximum absolute atomic E-state index is 11.6. The van der Waals surface area contributed by atoms with Crippen molar-refractivity contribution >= 4 is 28.9 Å². The molecule has 2 aromatic carbocycles. The first-order valence-electron chi connectivity index (χ1n) is 8.60. The molecule has 0 saturated carbocycles. The van der Waals surface area contributed by atoms with Crippen molar-refractivity contribution in [2.75, 3.05) is 7.11 Å². The molecule has 0 aromatic heterocycles. The van der Waals surface area contributed by atoms with E-state index >= 15 is 0 Å². The Bertz CT molecular complexity index is 873. The van der Waals surface area contributed by atoms with Gasteiger partial charge in [-0.05, 0) is 48.2 Å². The van der Waals surface area contributed by atoms with Gasteiger partial charge in [-0.15, -0.1) is 0 Å². The summed E-state index contributed by atoms with van der Waals surface area (Å²) in [7, 11) is 1.31. The summed E-state index contributed by atoms with van der Waals surface area (Å²) in [5.41, 5.74) is 7.59. The summed E-state index contributed by atoms with van der Waals surface area (Å²) in [6, 6.07) is 13.9. The molecule has 146 valence electrons. The van der Waals surface area contributed by atoms with Crippen molar-refractivity contribution in [1.29, 1.82) is 0 Å². The Balaban J connectivity index is 0.00000300. The van der Waals surface area contributed by atoms with Gasteiger partial charge >= 0.3 is 35.5 Å². The van der Waals surface area contributed by atoms with Crippen LogP contribution in [0.5, 0.6) is 11.5 Å². The van der Waals surface area contributed by atoms with Crippen molar-refractivity contribution in [3.05, 3.63) is 65.0 Å². The zero-order valence-corrected chi connectivity index (χ0v) is 19.0. The number of nitrogens with two attached hydrogens (primary N) is 1. The van der Waals surface area contributed by atoms with Crippen LogP contribution in [0.4, 0.5) is 4.79 Å². The Morgan fingerprint density at radius 1 is 1.07 bits per heavy atom. The van der Waals surface area contributed by atoms with Crippen LogP contribution < -0.4 is 40.0 Å². The number of hydrogen-bond donors (Lipinski definition) is 1. The van der Waals surface area contributed by atoms with E-state index in [2.05, 4.69) is 10.1 Å². The standard InChI is InChI=1S/C20H20N2O5S.Na/c1-26-19(24)16(21)10-12-2-6-14(7-3-12)27-15-8-4-13(5-9-15)11-17-18(23)22-20(25)28-17;/h2-9,16-17H,10-11,21H2,1H3,(H,22,23,25);/q;+1/p-1/t16-,17?;/m0./s1. The fourth-order valence-corrected chi connectivity index (χ4v) is 3.53. The summed E-state index contributed by atoms with van der Waals surface area (Å²) < 4.78 is 10.4. The van der Waals surface area contributed by atoms with Crippen molar-refractivity contribution in [3.8, 4) is 11.5 Å². The van der Waals surface area contributed by atoms with Crippen molar-refractivity contribution in [2.45, 2.75) is 24.1 Å². The minimum absolute atomic E-state index is 0. The Kier molecular flexibility index (Phi) is 8.73. The van der Waals surface area contributed by atoms with Gasteiger partial charge in [0.1, 0.15) is 22.8 Å². The third-order valence-electron chi connectivity index (χ3n) is 4.18. The average Bonchev–Trinajstić information content (AvgIpc) is 3.01. The fraction of sp³-hybridized carbons (Fsp3) is 0.250. The third-order valence-corrected chi connectivity index (χ3v) is 5.13. The molecule has 2 amide bonds. The number of ether oxygens (including phenoxy) is 2. The molecule has 1 saturated heterocycles. The first kappa shape index (κ1) is 23.4. The van der Waals surface area contributed by atoms with Gasteiger partial charge in [-0.1, -0.05) is 36.0 Å². The first-order chi connectivity index (χ1) is 13.4. The number of amides is 2. The molecule has 2 N–H and O–H groups in total. The molecule has 1 aliphatic heterocycles. The van der Waals surface area contributed by atoms with E-state index in [9.17, 15) is 14.4 Å². The van der Waals surface area contributed by atoms with Crippen LogP contribution in [0.2, 0.25) is 0 Å². The molecule has 2 aromatic rings. The smallest absolute Gasteiger partial charge is 0.585 e. The predicted molar refractivity (Wildman–Crippen MR) is 105 cm³/mol. The van der Waals surface area contributed by atoms with Crippen molar-refractivity contribution < 1.29 is 53.4 Å². The van der Waals surface area contributed by atoms with E-state index in [-0.39, 0.29) is 35.5 Å². The minimum Gasteiger partial charge on any atom is -0.585 e. The number of esters is 1. The summed E-state index contributed by atoms with van der Waals surface area (Å²) in [4.78, 5) is 34.1. The number of methoxy groups -OCH3 is 1. The number of nitrogens with zero attached hydrogens (tertiary/aromatic N) is 1. The second-order valence-corrected chi connectivity index (χ2v) is 7.40. The first-order valence-corrected chi connectivity index (χ1v) is 9.48. The molecule has 29 heavy (non-hydrogen) atoms. The fourth-order valence-electron chi connectivity index (χ4n) is 2.72. The molecular formula is C20H19N2NaO5S. The third kappa shape index (κ3) is 6.58. The van der Waals surface area contributed by atoms with Crippen LogP contribution in [-0.4, -0.2) is 35.5 Å². The second-order valence-electron chi connectivity index (χ2n) is 6.25. The van der Waals surface area contributed by atoms with Gasteiger partial charge in [0.2, 0.25) is 0 Å². The number of thioether (sulfide) groups is 1. The van der Waals surface area contributed by atoms with E-state index in [1.807, 2.05) is 24.3 Å². The van der Waals surface area contributed by atoms with E-state index in [4.69, 9.17) is 10.5 Å². The van der Waals surface area contributed by atoms with Crippen LogP contribution in [0.3, 0.4) is 0 Å². The largest absolute Gasteiger partial charge is 1.00 e. The molecular weight excluding hydrogens is 403 g/mol. The van der Waals surface area contributed by atoms with E-state index < -0.39 is 22.5 Å².